The maximum Gasteiger partial charge on any atom is 0.367 e. The average Bonchev–Trinajstić information content (AvgIpc) is 3.40. The summed E-state index contributed by atoms with van der Waals surface area (Å²) in [4.78, 5) is 50.2. The maximum absolute atomic E-state index is 12.3. The molecule has 0 saturated heterocycles. The quantitative estimate of drug-likeness (QED) is 0.803. The molecule has 1 saturated carbocycles. The number of hydrogen-bond acceptors (Lipinski definition) is 6. The first-order chi connectivity index (χ1) is 11.6. The molecule has 24 heavy (non-hydrogen) atoms. The number of benzene rings is 1. The Hall–Kier alpha value is -3.09. The number of nitrogens with zero attached hydrogens (tertiary/aromatic N) is 3. The largest absolute Gasteiger partial charge is 0.367 e. The summed E-state index contributed by atoms with van der Waals surface area (Å²) < 4.78 is 0. The Balaban J connectivity index is 1.57. The Labute approximate surface area is 137 Å². The third-order valence-corrected chi connectivity index (χ3v) is 4.09. The average molecular weight is 323 g/mol. The normalized spacial score (nSPS) is 16.3. The minimum absolute atomic E-state index is 0.135. The summed E-state index contributed by atoms with van der Waals surface area (Å²) in [6, 6.07) is 6.32. The lowest BCUT2D eigenvalue weighted by Crippen LogP contribution is -2.33. The standard InChI is InChI=1S/C17H13N3O4/c1-9-13(8-18-14(19-9)10-6-7-10)17(23)24-20-15(21)11-4-2-3-5-12(11)16(20)22/h2-5,8,10H,6-7H2,1H3. The van der Waals surface area contributed by atoms with E-state index in [1.54, 1.807) is 19.1 Å². The Bertz CT molecular complexity index is 854. The van der Waals surface area contributed by atoms with E-state index in [0.717, 1.165) is 12.8 Å². The van der Waals surface area contributed by atoms with Crippen molar-refractivity contribution in [2.75, 3.05) is 0 Å². The summed E-state index contributed by atoms with van der Waals surface area (Å²) >= 11 is 0. The van der Waals surface area contributed by atoms with Gasteiger partial charge in [-0.15, -0.1) is 0 Å². The van der Waals surface area contributed by atoms with Gasteiger partial charge in [0.1, 0.15) is 11.4 Å². The molecule has 4 rings (SSSR count). The number of hydrogen-bond donors (Lipinski definition) is 0. The lowest BCUT2D eigenvalue weighted by atomic mass is 10.1. The van der Waals surface area contributed by atoms with Crippen LogP contribution in [-0.4, -0.2) is 32.8 Å². The fraction of sp³-hybridized carbons (Fsp3) is 0.235. The zero-order valence-electron chi connectivity index (χ0n) is 12.9. The predicted molar refractivity (Wildman–Crippen MR) is 81.1 cm³/mol. The van der Waals surface area contributed by atoms with E-state index in [4.69, 9.17) is 4.84 Å². The smallest absolute Gasteiger partial charge is 0.324 e. The number of aromatic nitrogens is 2. The number of aryl methyl sites for hydroxylation is 1. The van der Waals surface area contributed by atoms with Gasteiger partial charge < -0.3 is 4.84 Å². The molecule has 0 bridgehead atoms. The molecule has 120 valence electrons. The van der Waals surface area contributed by atoms with Crippen LogP contribution >= 0.6 is 0 Å². The minimum atomic E-state index is -0.829. The third kappa shape index (κ3) is 2.25. The van der Waals surface area contributed by atoms with Crippen LogP contribution in [0.15, 0.2) is 30.5 Å². The van der Waals surface area contributed by atoms with Crippen LogP contribution in [0.4, 0.5) is 0 Å². The number of carbonyl (C=O) groups excluding carboxylic acids is 3. The third-order valence-electron chi connectivity index (χ3n) is 4.09. The summed E-state index contributed by atoms with van der Waals surface area (Å²) in [5.41, 5.74) is 1.03. The van der Waals surface area contributed by atoms with Crippen LogP contribution in [0.3, 0.4) is 0 Å². The molecule has 2 aliphatic rings. The van der Waals surface area contributed by atoms with E-state index in [1.807, 2.05) is 0 Å². The first kappa shape index (κ1) is 14.5. The second-order valence-corrected chi connectivity index (χ2v) is 5.83. The van der Waals surface area contributed by atoms with Gasteiger partial charge in [-0.3, -0.25) is 9.59 Å². The predicted octanol–water partition coefficient (Wildman–Crippen LogP) is 2.03. The molecular formula is C17H13N3O4. The Morgan fingerprint density at radius 3 is 2.33 bits per heavy atom. The van der Waals surface area contributed by atoms with Crippen molar-refractivity contribution in [3.8, 4) is 0 Å². The van der Waals surface area contributed by atoms with Crippen LogP contribution < -0.4 is 0 Å². The number of fused-ring (bicyclic) bond motifs is 1. The summed E-state index contributed by atoms with van der Waals surface area (Å²) in [5.74, 6) is -1.06. The molecule has 0 N–H and O–H groups in total. The molecule has 0 unspecified atom stereocenters. The highest BCUT2D eigenvalue weighted by Crippen LogP contribution is 2.38. The fourth-order valence-electron chi connectivity index (χ4n) is 2.61. The summed E-state index contributed by atoms with van der Waals surface area (Å²) in [5, 5.41) is 0.487. The minimum Gasteiger partial charge on any atom is -0.324 e. The van der Waals surface area contributed by atoms with Crippen molar-refractivity contribution in [3.05, 3.63) is 58.7 Å². The van der Waals surface area contributed by atoms with Gasteiger partial charge in [0.05, 0.1) is 16.8 Å². The molecule has 1 aliphatic carbocycles. The fourth-order valence-corrected chi connectivity index (χ4v) is 2.61. The van der Waals surface area contributed by atoms with Gasteiger partial charge in [0.15, 0.2) is 0 Å². The lowest BCUT2D eigenvalue weighted by Gasteiger charge is -2.13. The summed E-state index contributed by atoms with van der Waals surface area (Å²) in [6.07, 6.45) is 3.49. The number of carbonyl (C=O) groups is 3. The first-order valence-electron chi connectivity index (χ1n) is 7.60. The topological polar surface area (TPSA) is 89.5 Å². The molecule has 0 atom stereocenters. The number of imide groups is 1. The van der Waals surface area contributed by atoms with Crippen LogP contribution in [0.2, 0.25) is 0 Å². The molecule has 2 amide bonds. The van der Waals surface area contributed by atoms with Crippen molar-refractivity contribution >= 4 is 17.8 Å². The second-order valence-electron chi connectivity index (χ2n) is 5.83. The van der Waals surface area contributed by atoms with Crippen LogP contribution in [0, 0.1) is 6.92 Å². The first-order valence-corrected chi connectivity index (χ1v) is 7.60. The molecule has 7 nitrogen and oxygen atoms in total. The van der Waals surface area contributed by atoms with E-state index < -0.39 is 17.8 Å². The summed E-state index contributed by atoms with van der Waals surface area (Å²) in [7, 11) is 0. The van der Waals surface area contributed by atoms with Gasteiger partial charge in [-0.1, -0.05) is 17.2 Å². The molecule has 0 radical (unpaired) electrons. The molecule has 7 heteroatoms. The van der Waals surface area contributed by atoms with E-state index in [9.17, 15) is 14.4 Å². The van der Waals surface area contributed by atoms with E-state index in [-0.39, 0.29) is 16.7 Å². The van der Waals surface area contributed by atoms with Gasteiger partial charge in [-0.2, -0.15) is 0 Å². The summed E-state index contributed by atoms with van der Waals surface area (Å²) in [6.45, 7) is 1.67. The zero-order chi connectivity index (χ0) is 16.8. The van der Waals surface area contributed by atoms with Crippen molar-refractivity contribution in [1.82, 2.24) is 15.0 Å². The Morgan fingerprint density at radius 1 is 1.17 bits per heavy atom. The van der Waals surface area contributed by atoms with Gasteiger partial charge in [-0.05, 0) is 31.9 Å². The zero-order valence-corrected chi connectivity index (χ0v) is 12.9. The van der Waals surface area contributed by atoms with Crippen LogP contribution in [0.5, 0.6) is 0 Å². The highest BCUT2D eigenvalue weighted by Gasteiger charge is 2.39. The van der Waals surface area contributed by atoms with Crippen molar-refractivity contribution in [1.29, 1.82) is 0 Å². The van der Waals surface area contributed by atoms with Gasteiger partial charge in [0, 0.05) is 12.1 Å². The van der Waals surface area contributed by atoms with E-state index in [1.165, 1.54) is 18.3 Å². The van der Waals surface area contributed by atoms with Crippen molar-refractivity contribution in [2.45, 2.75) is 25.7 Å². The molecule has 1 aromatic carbocycles. The molecule has 1 aliphatic heterocycles. The number of rotatable bonds is 3. The molecule has 2 heterocycles. The van der Waals surface area contributed by atoms with Gasteiger partial charge in [0.2, 0.25) is 0 Å². The van der Waals surface area contributed by atoms with Gasteiger partial charge >= 0.3 is 5.97 Å². The van der Waals surface area contributed by atoms with E-state index in [0.29, 0.717) is 22.5 Å². The van der Waals surface area contributed by atoms with Gasteiger partial charge in [0.25, 0.3) is 11.8 Å². The highest BCUT2D eigenvalue weighted by molar-refractivity contribution is 6.21. The van der Waals surface area contributed by atoms with Crippen molar-refractivity contribution in [2.24, 2.45) is 0 Å². The van der Waals surface area contributed by atoms with Gasteiger partial charge in [-0.25, -0.2) is 14.8 Å². The van der Waals surface area contributed by atoms with Crippen LogP contribution in [0.25, 0.3) is 0 Å². The molecular weight excluding hydrogens is 310 g/mol. The number of hydroxylamine groups is 2. The lowest BCUT2D eigenvalue weighted by molar-refractivity contribution is -0.0585. The Kier molecular flexibility index (Phi) is 3.16. The highest BCUT2D eigenvalue weighted by atomic mass is 16.7. The SMILES string of the molecule is Cc1nc(C2CC2)ncc1C(=O)ON1C(=O)c2ccccc2C1=O. The molecule has 1 aromatic heterocycles. The number of amides is 2. The monoisotopic (exact) mass is 323 g/mol. The maximum atomic E-state index is 12.3. The van der Waals surface area contributed by atoms with Crippen LogP contribution in [-0.2, 0) is 4.84 Å². The van der Waals surface area contributed by atoms with E-state index >= 15 is 0 Å². The molecule has 0 spiro atoms. The second kappa shape index (κ2) is 5.23. The molecule has 2 aromatic rings. The molecule has 1 fully saturated rings. The van der Waals surface area contributed by atoms with Crippen molar-refractivity contribution < 1.29 is 19.2 Å². The van der Waals surface area contributed by atoms with Crippen molar-refractivity contribution in [3.63, 3.8) is 0 Å². The van der Waals surface area contributed by atoms with E-state index in [2.05, 4.69) is 9.97 Å². The Morgan fingerprint density at radius 2 is 1.79 bits per heavy atom. The van der Waals surface area contributed by atoms with Crippen LogP contribution in [0.1, 0.15) is 61.4 Å².